The summed E-state index contributed by atoms with van der Waals surface area (Å²) in [7, 11) is 1.54. The van der Waals surface area contributed by atoms with Gasteiger partial charge in [-0.2, -0.15) is 4.98 Å². The van der Waals surface area contributed by atoms with Crippen molar-refractivity contribution in [1.29, 1.82) is 0 Å². The van der Waals surface area contributed by atoms with E-state index in [-0.39, 0.29) is 6.04 Å². The SMILES string of the molecule is COc1cc(Cl)ccc1-c1nc(-c2ccc3c(c2)oc(=O)n3C(C)C)no1. The number of hydrogen-bond acceptors (Lipinski definition) is 6. The van der Waals surface area contributed by atoms with Crippen LogP contribution in [-0.2, 0) is 0 Å². The van der Waals surface area contributed by atoms with Crippen molar-refractivity contribution >= 4 is 22.7 Å². The molecule has 0 aliphatic rings. The molecule has 7 nitrogen and oxygen atoms in total. The van der Waals surface area contributed by atoms with Gasteiger partial charge in [0, 0.05) is 16.6 Å². The standard InChI is InChI=1S/C19H16ClN3O4/c1-10(2)23-14-7-4-11(8-16(14)26-19(23)24)17-21-18(27-22-17)13-6-5-12(20)9-15(13)25-3/h4-10H,1-3H3. The summed E-state index contributed by atoms with van der Waals surface area (Å²) >= 11 is 5.99. The van der Waals surface area contributed by atoms with Gasteiger partial charge in [0.2, 0.25) is 5.82 Å². The number of ether oxygens (including phenoxy) is 1. The summed E-state index contributed by atoms with van der Waals surface area (Å²) in [5.74, 6) is 0.827. The maximum Gasteiger partial charge on any atom is 0.420 e. The van der Waals surface area contributed by atoms with E-state index in [2.05, 4.69) is 10.1 Å². The molecule has 0 atom stereocenters. The topological polar surface area (TPSA) is 83.3 Å². The van der Waals surface area contributed by atoms with Gasteiger partial charge in [-0.1, -0.05) is 16.8 Å². The lowest BCUT2D eigenvalue weighted by molar-refractivity contribution is 0.405. The van der Waals surface area contributed by atoms with Crippen molar-refractivity contribution in [2.45, 2.75) is 19.9 Å². The van der Waals surface area contributed by atoms with Crippen molar-refractivity contribution < 1.29 is 13.7 Å². The van der Waals surface area contributed by atoms with Crippen molar-refractivity contribution in [2.75, 3.05) is 7.11 Å². The normalized spacial score (nSPS) is 11.4. The summed E-state index contributed by atoms with van der Waals surface area (Å²) in [6.07, 6.45) is 0. The summed E-state index contributed by atoms with van der Waals surface area (Å²) in [6.45, 7) is 3.85. The quantitative estimate of drug-likeness (QED) is 0.512. The van der Waals surface area contributed by atoms with Gasteiger partial charge in [-0.25, -0.2) is 4.79 Å². The third-order valence-electron chi connectivity index (χ3n) is 4.21. The molecule has 8 heteroatoms. The van der Waals surface area contributed by atoms with Gasteiger partial charge in [-0.3, -0.25) is 4.57 Å². The van der Waals surface area contributed by atoms with Gasteiger partial charge >= 0.3 is 5.76 Å². The van der Waals surface area contributed by atoms with Gasteiger partial charge in [0.15, 0.2) is 5.58 Å². The third kappa shape index (κ3) is 3.00. The van der Waals surface area contributed by atoms with Crippen LogP contribution in [0.15, 0.2) is 50.1 Å². The monoisotopic (exact) mass is 385 g/mol. The molecule has 0 radical (unpaired) electrons. The number of nitrogens with zero attached hydrogens (tertiary/aromatic N) is 3. The first-order valence-electron chi connectivity index (χ1n) is 8.31. The lowest BCUT2D eigenvalue weighted by Gasteiger charge is -2.05. The van der Waals surface area contributed by atoms with Gasteiger partial charge in [0.25, 0.3) is 5.89 Å². The first-order chi connectivity index (χ1) is 13.0. The van der Waals surface area contributed by atoms with E-state index in [9.17, 15) is 4.79 Å². The molecule has 0 amide bonds. The zero-order valence-electron chi connectivity index (χ0n) is 14.9. The van der Waals surface area contributed by atoms with Gasteiger partial charge < -0.3 is 13.7 Å². The molecule has 0 unspecified atom stereocenters. The molecular weight excluding hydrogens is 370 g/mol. The average molecular weight is 386 g/mol. The minimum absolute atomic E-state index is 0.00116. The zero-order chi connectivity index (χ0) is 19.1. The molecule has 0 aliphatic carbocycles. The largest absolute Gasteiger partial charge is 0.496 e. The van der Waals surface area contributed by atoms with Gasteiger partial charge in [0.1, 0.15) is 5.75 Å². The molecule has 0 saturated carbocycles. The Morgan fingerprint density at radius 3 is 2.74 bits per heavy atom. The van der Waals surface area contributed by atoms with Crippen LogP contribution < -0.4 is 10.5 Å². The highest BCUT2D eigenvalue weighted by Gasteiger charge is 2.17. The van der Waals surface area contributed by atoms with Gasteiger partial charge in [-0.05, 0) is 50.2 Å². The lowest BCUT2D eigenvalue weighted by atomic mass is 10.2. The van der Waals surface area contributed by atoms with Crippen molar-refractivity contribution in [3.63, 3.8) is 0 Å². The second-order valence-corrected chi connectivity index (χ2v) is 6.72. The van der Waals surface area contributed by atoms with Crippen LogP contribution in [0.2, 0.25) is 5.02 Å². The van der Waals surface area contributed by atoms with Crippen LogP contribution in [0.3, 0.4) is 0 Å². The number of aromatic nitrogens is 3. The van der Waals surface area contributed by atoms with E-state index in [1.807, 2.05) is 26.0 Å². The smallest absolute Gasteiger partial charge is 0.420 e. The Hall–Kier alpha value is -3.06. The predicted molar refractivity (Wildman–Crippen MR) is 101 cm³/mol. The van der Waals surface area contributed by atoms with Crippen LogP contribution in [0.1, 0.15) is 19.9 Å². The van der Waals surface area contributed by atoms with Crippen LogP contribution >= 0.6 is 11.6 Å². The zero-order valence-corrected chi connectivity index (χ0v) is 15.6. The van der Waals surface area contributed by atoms with E-state index in [1.165, 1.54) is 0 Å². The summed E-state index contributed by atoms with van der Waals surface area (Å²) in [5.41, 5.74) is 2.51. The van der Waals surface area contributed by atoms with E-state index in [0.717, 1.165) is 5.52 Å². The van der Waals surface area contributed by atoms with Crippen LogP contribution in [0.25, 0.3) is 33.9 Å². The number of hydrogen-bond donors (Lipinski definition) is 0. The summed E-state index contributed by atoms with van der Waals surface area (Å²) in [6, 6.07) is 10.5. The van der Waals surface area contributed by atoms with Gasteiger partial charge in [0.05, 0.1) is 18.2 Å². The molecule has 0 N–H and O–H groups in total. The van der Waals surface area contributed by atoms with Crippen molar-refractivity contribution in [3.05, 3.63) is 52.0 Å². The van der Waals surface area contributed by atoms with Crippen molar-refractivity contribution in [3.8, 4) is 28.6 Å². The fourth-order valence-electron chi connectivity index (χ4n) is 2.96. The maximum atomic E-state index is 12.0. The number of benzene rings is 2. The highest BCUT2D eigenvalue weighted by Crippen LogP contribution is 2.33. The Morgan fingerprint density at radius 2 is 2.00 bits per heavy atom. The van der Waals surface area contributed by atoms with Gasteiger partial charge in [-0.15, -0.1) is 0 Å². The Labute approximate surface area is 159 Å². The Kier molecular flexibility index (Phi) is 4.24. The van der Waals surface area contributed by atoms with Crippen LogP contribution in [-0.4, -0.2) is 21.8 Å². The van der Waals surface area contributed by atoms with E-state index >= 15 is 0 Å². The fourth-order valence-corrected chi connectivity index (χ4v) is 3.12. The van der Waals surface area contributed by atoms with Crippen molar-refractivity contribution in [2.24, 2.45) is 0 Å². The fraction of sp³-hybridized carbons (Fsp3) is 0.211. The summed E-state index contributed by atoms with van der Waals surface area (Å²) in [5, 5.41) is 4.58. The Morgan fingerprint density at radius 1 is 1.19 bits per heavy atom. The molecule has 27 heavy (non-hydrogen) atoms. The second-order valence-electron chi connectivity index (χ2n) is 6.28. The molecule has 0 saturated heterocycles. The molecule has 0 spiro atoms. The minimum atomic E-state index is -0.392. The number of oxazole rings is 1. The van der Waals surface area contributed by atoms with E-state index < -0.39 is 5.76 Å². The van der Waals surface area contributed by atoms with Crippen molar-refractivity contribution in [1.82, 2.24) is 14.7 Å². The van der Waals surface area contributed by atoms with Crippen LogP contribution in [0, 0.1) is 0 Å². The number of methoxy groups -OCH3 is 1. The number of rotatable bonds is 4. The molecule has 0 fully saturated rings. The average Bonchev–Trinajstić information content (AvgIpc) is 3.24. The number of fused-ring (bicyclic) bond motifs is 1. The molecular formula is C19H16ClN3O4. The maximum absolute atomic E-state index is 12.0. The van der Waals surface area contributed by atoms with E-state index in [1.54, 1.807) is 35.9 Å². The summed E-state index contributed by atoms with van der Waals surface area (Å²) in [4.78, 5) is 16.5. The second kappa shape index (κ2) is 6.59. The Balaban J connectivity index is 1.77. The lowest BCUT2D eigenvalue weighted by Crippen LogP contribution is -2.15. The molecule has 138 valence electrons. The molecule has 4 aromatic rings. The number of halogens is 1. The summed E-state index contributed by atoms with van der Waals surface area (Å²) < 4.78 is 17.7. The molecule has 2 aromatic carbocycles. The Bertz CT molecular complexity index is 1190. The van der Waals surface area contributed by atoms with Crippen LogP contribution in [0.4, 0.5) is 0 Å². The third-order valence-corrected chi connectivity index (χ3v) is 4.44. The van der Waals surface area contributed by atoms with Crippen LogP contribution in [0.5, 0.6) is 5.75 Å². The van der Waals surface area contributed by atoms with E-state index in [0.29, 0.717) is 39.2 Å². The van der Waals surface area contributed by atoms with E-state index in [4.69, 9.17) is 25.3 Å². The predicted octanol–water partition coefficient (Wildman–Crippen LogP) is 4.55. The highest BCUT2D eigenvalue weighted by molar-refractivity contribution is 6.30. The highest BCUT2D eigenvalue weighted by atomic mass is 35.5. The molecule has 0 bridgehead atoms. The molecule has 2 heterocycles. The first-order valence-corrected chi connectivity index (χ1v) is 8.69. The molecule has 0 aliphatic heterocycles. The molecule has 2 aromatic heterocycles. The first kappa shape index (κ1) is 17.4. The molecule has 4 rings (SSSR count). The minimum Gasteiger partial charge on any atom is -0.496 e.